The number of benzene rings is 2. The molecular formula is C21H22N2O. The Kier molecular flexibility index (Phi) is 5.52. The van der Waals surface area contributed by atoms with Crippen LogP contribution in [0.5, 0.6) is 0 Å². The summed E-state index contributed by atoms with van der Waals surface area (Å²) in [4.78, 5) is 12.1. The molecule has 3 rings (SSSR count). The highest BCUT2D eigenvalue weighted by Crippen LogP contribution is 2.17. The lowest BCUT2D eigenvalue weighted by Gasteiger charge is -2.22. The number of urea groups is 1. The van der Waals surface area contributed by atoms with Crippen molar-refractivity contribution >= 4 is 11.7 Å². The molecule has 0 aromatic heterocycles. The van der Waals surface area contributed by atoms with E-state index in [0.717, 1.165) is 29.7 Å². The number of nitrogens with one attached hydrogen (secondary N) is 2. The second kappa shape index (κ2) is 8.21. The van der Waals surface area contributed by atoms with Crippen LogP contribution in [0.2, 0.25) is 0 Å². The number of carbonyl (C=O) groups excluding carboxylic acids is 1. The van der Waals surface area contributed by atoms with E-state index in [1.807, 2.05) is 54.6 Å². The maximum absolute atomic E-state index is 12.1. The molecule has 2 aromatic rings. The minimum Gasteiger partial charge on any atom is -0.335 e. The van der Waals surface area contributed by atoms with Crippen molar-refractivity contribution in [3.63, 3.8) is 0 Å². The largest absolute Gasteiger partial charge is 0.335 e. The van der Waals surface area contributed by atoms with Gasteiger partial charge in [-0.25, -0.2) is 4.79 Å². The first-order valence-electron chi connectivity index (χ1n) is 8.54. The van der Waals surface area contributed by atoms with Crippen molar-refractivity contribution in [1.29, 1.82) is 0 Å². The number of anilines is 1. The Hall–Kier alpha value is -2.73. The molecule has 2 amide bonds. The highest BCUT2D eigenvalue weighted by Gasteiger charge is 2.15. The molecular weight excluding hydrogens is 296 g/mol. The van der Waals surface area contributed by atoms with Gasteiger partial charge in [0, 0.05) is 22.9 Å². The van der Waals surface area contributed by atoms with Gasteiger partial charge >= 0.3 is 6.03 Å². The SMILES string of the molecule is O=C(Nc1cccc(C#Cc2ccccc2)c1)NC1CCCCC1. The van der Waals surface area contributed by atoms with Crippen LogP contribution in [0.4, 0.5) is 10.5 Å². The molecule has 1 aliphatic carbocycles. The van der Waals surface area contributed by atoms with E-state index in [0.29, 0.717) is 6.04 Å². The van der Waals surface area contributed by atoms with Crippen LogP contribution in [0.3, 0.4) is 0 Å². The highest BCUT2D eigenvalue weighted by atomic mass is 16.2. The van der Waals surface area contributed by atoms with Crippen LogP contribution in [0.15, 0.2) is 54.6 Å². The molecule has 0 spiro atoms. The average molecular weight is 318 g/mol. The molecule has 3 nitrogen and oxygen atoms in total. The van der Waals surface area contributed by atoms with Gasteiger partial charge in [0.2, 0.25) is 0 Å². The Morgan fingerprint density at radius 2 is 1.58 bits per heavy atom. The zero-order valence-electron chi connectivity index (χ0n) is 13.7. The van der Waals surface area contributed by atoms with Crippen LogP contribution in [0.25, 0.3) is 0 Å². The van der Waals surface area contributed by atoms with Crippen molar-refractivity contribution in [2.24, 2.45) is 0 Å². The maximum Gasteiger partial charge on any atom is 0.319 e. The van der Waals surface area contributed by atoms with Crippen molar-refractivity contribution in [3.8, 4) is 11.8 Å². The fourth-order valence-electron chi connectivity index (χ4n) is 2.94. The van der Waals surface area contributed by atoms with Gasteiger partial charge in [-0.2, -0.15) is 0 Å². The minimum atomic E-state index is -0.130. The predicted molar refractivity (Wildman–Crippen MR) is 97.9 cm³/mol. The van der Waals surface area contributed by atoms with Gasteiger partial charge in [-0.05, 0) is 43.2 Å². The maximum atomic E-state index is 12.1. The Bertz CT molecular complexity index is 737. The molecule has 2 aromatic carbocycles. The van der Waals surface area contributed by atoms with Gasteiger partial charge < -0.3 is 10.6 Å². The zero-order valence-corrected chi connectivity index (χ0v) is 13.7. The number of hydrogen-bond acceptors (Lipinski definition) is 1. The first-order chi connectivity index (χ1) is 11.8. The van der Waals surface area contributed by atoms with Gasteiger partial charge in [-0.1, -0.05) is 55.4 Å². The second-order valence-electron chi connectivity index (χ2n) is 6.13. The smallest absolute Gasteiger partial charge is 0.319 e. The molecule has 24 heavy (non-hydrogen) atoms. The molecule has 1 saturated carbocycles. The molecule has 1 fully saturated rings. The fourth-order valence-corrected chi connectivity index (χ4v) is 2.94. The summed E-state index contributed by atoms with van der Waals surface area (Å²) in [6.07, 6.45) is 5.85. The summed E-state index contributed by atoms with van der Waals surface area (Å²) in [5, 5.41) is 5.97. The molecule has 3 heteroatoms. The molecule has 0 aliphatic heterocycles. The molecule has 0 radical (unpaired) electrons. The lowest BCUT2D eigenvalue weighted by molar-refractivity contribution is 0.244. The van der Waals surface area contributed by atoms with Crippen molar-refractivity contribution in [1.82, 2.24) is 5.32 Å². The Labute approximate surface area is 143 Å². The molecule has 0 saturated heterocycles. The standard InChI is InChI=1S/C21H22N2O/c24-21(22-19-11-5-2-6-12-19)23-20-13-7-10-18(16-20)15-14-17-8-3-1-4-9-17/h1,3-4,7-10,13,16,19H,2,5-6,11-12H2,(H2,22,23,24). The lowest BCUT2D eigenvalue weighted by atomic mass is 9.96. The number of rotatable bonds is 2. The van der Waals surface area contributed by atoms with Crippen LogP contribution in [-0.4, -0.2) is 12.1 Å². The summed E-state index contributed by atoms with van der Waals surface area (Å²) in [6.45, 7) is 0. The molecule has 0 bridgehead atoms. The zero-order chi connectivity index (χ0) is 16.6. The molecule has 0 unspecified atom stereocenters. The lowest BCUT2D eigenvalue weighted by Crippen LogP contribution is -2.39. The Morgan fingerprint density at radius 3 is 2.38 bits per heavy atom. The fraction of sp³-hybridized carbons (Fsp3) is 0.286. The first kappa shape index (κ1) is 16.1. The van der Waals surface area contributed by atoms with Crippen LogP contribution >= 0.6 is 0 Å². The summed E-state index contributed by atoms with van der Waals surface area (Å²) in [7, 11) is 0. The molecule has 1 aliphatic rings. The molecule has 2 N–H and O–H groups in total. The minimum absolute atomic E-state index is 0.130. The van der Waals surface area contributed by atoms with Crippen molar-refractivity contribution in [2.75, 3.05) is 5.32 Å². The van der Waals surface area contributed by atoms with Crippen LogP contribution < -0.4 is 10.6 Å². The van der Waals surface area contributed by atoms with Crippen LogP contribution in [-0.2, 0) is 0 Å². The van der Waals surface area contributed by atoms with Crippen LogP contribution in [0.1, 0.15) is 43.2 Å². The van der Waals surface area contributed by atoms with Gasteiger partial charge in [-0.15, -0.1) is 0 Å². The summed E-state index contributed by atoms with van der Waals surface area (Å²) in [5.41, 5.74) is 2.63. The van der Waals surface area contributed by atoms with E-state index in [1.165, 1.54) is 19.3 Å². The van der Waals surface area contributed by atoms with E-state index in [2.05, 4.69) is 22.5 Å². The third-order valence-electron chi connectivity index (χ3n) is 4.19. The van der Waals surface area contributed by atoms with Gasteiger partial charge in [0.05, 0.1) is 0 Å². The summed E-state index contributed by atoms with van der Waals surface area (Å²) in [5.74, 6) is 6.26. The van der Waals surface area contributed by atoms with E-state index in [9.17, 15) is 4.79 Å². The van der Waals surface area contributed by atoms with Crippen molar-refractivity contribution in [2.45, 2.75) is 38.1 Å². The third-order valence-corrected chi connectivity index (χ3v) is 4.19. The first-order valence-corrected chi connectivity index (χ1v) is 8.54. The number of amides is 2. The Morgan fingerprint density at radius 1 is 0.875 bits per heavy atom. The van der Waals surface area contributed by atoms with E-state index in [1.54, 1.807) is 0 Å². The van der Waals surface area contributed by atoms with Gasteiger partial charge in [0.15, 0.2) is 0 Å². The molecule has 0 atom stereocenters. The summed E-state index contributed by atoms with van der Waals surface area (Å²) in [6, 6.07) is 17.7. The average Bonchev–Trinajstić information content (AvgIpc) is 2.62. The normalized spacial score (nSPS) is 14.3. The number of carbonyl (C=O) groups is 1. The highest BCUT2D eigenvalue weighted by molar-refractivity contribution is 5.89. The monoisotopic (exact) mass is 318 g/mol. The predicted octanol–water partition coefficient (Wildman–Crippen LogP) is 4.54. The van der Waals surface area contributed by atoms with E-state index >= 15 is 0 Å². The summed E-state index contributed by atoms with van der Waals surface area (Å²) >= 11 is 0. The van der Waals surface area contributed by atoms with Gasteiger partial charge in [-0.3, -0.25) is 0 Å². The van der Waals surface area contributed by atoms with Crippen molar-refractivity contribution in [3.05, 3.63) is 65.7 Å². The van der Waals surface area contributed by atoms with Gasteiger partial charge in [0.1, 0.15) is 0 Å². The Balaban J connectivity index is 1.60. The quantitative estimate of drug-likeness (QED) is 0.784. The van der Waals surface area contributed by atoms with Crippen molar-refractivity contribution < 1.29 is 4.79 Å². The second-order valence-corrected chi connectivity index (χ2v) is 6.13. The van der Waals surface area contributed by atoms with Gasteiger partial charge in [0.25, 0.3) is 0 Å². The van der Waals surface area contributed by atoms with E-state index in [-0.39, 0.29) is 6.03 Å². The van der Waals surface area contributed by atoms with Crippen LogP contribution in [0, 0.1) is 11.8 Å². The molecule has 0 heterocycles. The topological polar surface area (TPSA) is 41.1 Å². The number of hydrogen-bond donors (Lipinski definition) is 2. The van der Waals surface area contributed by atoms with E-state index in [4.69, 9.17) is 0 Å². The van der Waals surface area contributed by atoms with E-state index < -0.39 is 0 Å². The third kappa shape index (κ3) is 4.89. The summed E-state index contributed by atoms with van der Waals surface area (Å²) < 4.78 is 0. The molecule has 122 valence electrons.